The Bertz CT molecular complexity index is 4270. The highest BCUT2D eigenvalue weighted by Crippen LogP contribution is 2.41. The van der Waals surface area contributed by atoms with E-state index in [2.05, 4.69) is 33.1 Å². The number of rotatable bonds is 14. The van der Waals surface area contributed by atoms with Crippen molar-refractivity contribution in [3.63, 3.8) is 0 Å². The van der Waals surface area contributed by atoms with Gasteiger partial charge in [-0.25, -0.2) is 27.6 Å². The van der Waals surface area contributed by atoms with E-state index < -0.39 is 29.2 Å². The van der Waals surface area contributed by atoms with E-state index in [0.29, 0.717) is 132 Å². The summed E-state index contributed by atoms with van der Waals surface area (Å²) in [6, 6.07) is 36.0. The van der Waals surface area contributed by atoms with Crippen LogP contribution in [0.2, 0.25) is 0 Å². The molecule has 6 aliphatic rings. The molecular weight excluding hydrogens is 1340 g/mol. The summed E-state index contributed by atoms with van der Waals surface area (Å²) in [6.45, 7) is 13.8. The predicted octanol–water partition coefficient (Wildman–Crippen LogP) is 13.5. The Morgan fingerprint density at radius 1 is 0.543 bits per heavy atom. The summed E-state index contributed by atoms with van der Waals surface area (Å²) < 4.78 is 68.4. The number of nitrogens with one attached hydrogen (secondary N) is 4. The van der Waals surface area contributed by atoms with Crippen LogP contribution in [0.25, 0.3) is 0 Å². The van der Waals surface area contributed by atoms with Crippen molar-refractivity contribution in [2.24, 2.45) is 0 Å². The number of ether oxygens (including phenoxy) is 4. The van der Waals surface area contributed by atoms with Crippen LogP contribution in [0.3, 0.4) is 0 Å². The molecule has 0 saturated carbocycles. The summed E-state index contributed by atoms with van der Waals surface area (Å²) in [4.78, 5) is 95.0. The van der Waals surface area contributed by atoms with E-state index in [4.69, 9.17) is 37.1 Å². The molecule has 6 aliphatic heterocycles. The van der Waals surface area contributed by atoms with E-state index in [1.807, 2.05) is 39.8 Å². The minimum atomic E-state index is -1.53. The molecule has 6 aromatic carbocycles. The fourth-order valence-electron chi connectivity index (χ4n) is 13.9. The van der Waals surface area contributed by atoms with Crippen molar-refractivity contribution in [2.45, 2.75) is 141 Å². The predicted molar refractivity (Wildman–Crippen MR) is 393 cm³/mol. The first-order valence-corrected chi connectivity index (χ1v) is 35.8. The molecule has 0 radical (unpaired) electrons. The Hall–Kier alpha value is -10.7. The third kappa shape index (κ3) is 19.6. The second kappa shape index (κ2) is 34.7. The molecule has 0 spiro atoms. The number of nitriles is 1. The molecule has 550 valence electrons. The quantitative estimate of drug-likeness (QED) is 0.0745. The van der Waals surface area contributed by atoms with Gasteiger partial charge in [0.2, 0.25) is 5.91 Å². The van der Waals surface area contributed by atoms with Gasteiger partial charge in [0.05, 0.1) is 37.5 Å². The first-order valence-electron chi connectivity index (χ1n) is 35.8. The lowest BCUT2D eigenvalue weighted by atomic mass is 9.85. The van der Waals surface area contributed by atoms with Crippen LogP contribution >= 0.6 is 0 Å². The van der Waals surface area contributed by atoms with E-state index in [9.17, 15) is 33.6 Å². The number of likely N-dealkylation sites (tertiary alicyclic amines) is 4. The number of benzene rings is 6. The second-order valence-electron chi connectivity index (χ2n) is 27.5. The number of terminal acetylenes is 2. The molecule has 105 heavy (non-hydrogen) atoms. The average molecular weight is 1430 g/mol. The summed E-state index contributed by atoms with van der Waals surface area (Å²) >= 11 is 0. The molecule has 6 heterocycles. The molecule has 1 unspecified atom stereocenters. The topological polar surface area (TPSA) is 241 Å². The molecule has 6 saturated heterocycles. The van der Waals surface area contributed by atoms with Crippen LogP contribution in [-0.2, 0) is 47.2 Å². The maximum Gasteiger partial charge on any atom is 0.411 e. The van der Waals surface area contributed by atoms with Crippen LogP contribution in [0, 0.1) is 56.8 Å². The largest absolute Gasteiger partial charge is 0.444 e. The molecule has 4 N–H and O–H groups in total. The first kappa shape index (κ1) is 77.0. The van der Waals surface area contributed by atoms with E-state index >= 15 is 13.2 Å². The highest BCUT2D eigenvalue weighted by Gasteiger charge is 2.41. The lowest BCUT2D eigenvalue weighted by Crippen LogP contribution is -2.43. The SMILES string of the molecule is C#Cc1ccc(C2(F)CCN(C(=O)c3cc(NC(=O)OC4CCN(C(C)=O)C4)ccc3C)CC2)cc1.C#Cc1ccc(C2(F)CCN(C(=O)c3cc(NC(=O)O[C@@H]4CCOC4)ccc3C)CC2)cc1.CCc1cc(C)c(C(=O)N2CCC(F)(c3ccc(C#N)cc3)CC2)cc1NC(=O)NC[C@H]1CCCO1. The number of nitrogens with zero attached hydrogens (tertiary/aromatic N) is 5. The number of carbonyl (C=O) groups excluding carboxylic acids is 7. The van der Waals surface area contributed by atoms with Gasteiger partial charge in [0.25, 0.3) is 17.7 Å². The third-order valence-electron chi connectivity index (χ3n) is 20.5. The summed E-state index contributed by atoms with van der Waals surface area (Å²) in [5.74, 6) is 4.46. The molecule has 8 amide bonds. The normalized spacial score (nSPS) is 19.1. The van der Waals surface area contributed by atoms with Crippen molar-refractivity contribution in [1.29, 1.82) is 5.26 Å². The lowest BCUT2D eigenvalue weighted by molar-refractivity contribution is -0.128. The Kier molecular flexibility index (Phi) is 25.5. The number of alkyl halides is 3. The van der Waals surface area contributed by atoms with Gasteiger partial charge in [-0.05, 0) is 146 Å². The smallest absolute Gasteiger partial charge is 0.411 e. The van der Waals surface area contributed by atoms with E-state index in [0.717, 1.165) is 41.7 Å². The van der Waals surface area contributed by atoms with E-state index in [1.54, 1.807) is 135 Å². The zero-order valence-corrected chi connectivity index (χ0v) is 60.1. The molecule has 0 aliphatic carbocycles. The number of anilines is 3. The van der Waals surface area contributed by atoms with Gasteiger partial charge in [-0.15, -0.1) is 12.8 Å². The minimum absolute atomic E-state index is 0.0440. The van der Waals surface area contributed by atoms with Crippen LogP contribution in [0.4, 0.5) is 44.6 Å². The van der Waals surface area contributed by atoms with Gasteiger partial charge >= 0.3 is 18.2 Å². The number of hydrogen-bond acceptors (Lipinski definition) is 12. The van der Waals surface area contributed by atoms with Gasteiger partial charge in [-0.1, -0.05) is 73.4 Å². The second-order valence-corrected chi connectivity index (χ2v) is 27.5. The standard InChI is InChI=1S/C28H33FN4O3.C28H30FN3O4.C26H27FN2O4/c1-3-21-15-19(2)24(16-25(21)32-27(35)31-18-23-5-4-14-36-23)26(34)33-12-10-28(29,11-13-33)22-8-6-20(17-30)7-9-22;1-4-21-6-8-22(9-7-21)28(29)12-15-31(16-13-28)26(34)25-17-23(10-5-19(25)2)30-27(35)36-24-11-14-32(18-24)20(3)33;1-3-19-5-7-20(8-6-19)26(27)11-13-29(14-12-26)24(30)23-16-21(9-4-18(23)2)28-25(31)33-22-10-15-32-17-22/h6-9,15-16,23H,3-5,10-14,18H2,1-2H3,(H2,31,32,35);1,5-10,17,24H,11-16,18H2,2-3H3,(H,30,35);1,4-9,16,22H,10-15,17H2,2H3,(H,28,31)/t23-;;22-/m1.1/s1. The first-order chi connectivity index (χ1) is 50.4. The zero-order valence-electron chi connectivity index (χ0n) is 60.1. The maximum absolute atomic E-state index is 15.7. The van der Waals surface area contributed by atoms with Crippen molar-refractivity contribution in [3.8, 4) is 30.8 Å². The van der Waals surface area contributed by atoms with E-state index in [1.165, 1.54) is 6.92 Å². The minimum Gasteiger partial charge on any atom is -0.444 e. The fourth-order valence-corrected chi connectivity index (χ4v) is 13.9. The Morgan fingerprint density at radius 3 is 1.38 bits per heavy atom. The van der Waals surface area contributed by atoms with Gasteiger partial charge in [0.1, 0.15) is 29.2 Å². The molecule has 23 heteroatoms. The van der Waals surface area contributed by atoms with Gasteiger partial charge in [-0.3, -0.25) is 29.8 Å². The number of carbonyl (C=O) groups is 7. The van der Waals surface area contributed by atoms with Gasteiger partial charge in [0, 0.05) is 162 Å². The molecule has 6 aromatic rings. The fraction of sp³-hybridized carbons (Fsp3) is 0.415. The van der Waals surface area contributed by atoms with Gasteiger partial charge < -0.3 is 49.2 Å². The summed E-state index contributed by atoms with van der Waals surface area (Å²) in [5, 5.41) is 20.1. The van der Waals surface area contributed by atoms with Gasteiger partial charge in [0.15, 0.2) is 0 Å². The molecule has 0 bridgehead atoms. The number of aryl methyl sites for hydroxylation is 4. The van der Waals surface area contributed by atoms with Crippen LogP contribution in [0.5, 0.6) is 0 Å². The molecule has 6 fully saturated rings. The van der Waals surface area contributed by atoms with E-state index in [-0.39, 0.29) is 113 Å². The van der Waals surface area contributed by atoms with Crippen LogP contribution in [0.1, 0.15) is 165 Å². The lowest BCUT2D eigenvalue weighted by Gasteiger charge is -2.37. The highest BCUT2D eigenvalue weighted by atomic mass is 19.2. The van der Waals surface area contributed by atoms with Crippen LogP contribution in [0.15, 0.2) is 121 Å². The van der Waals surface area contributed by atoms with Gasteiger partial charge in [-0.2, -0.15) is 5.26 Å². The zero-order chi connectivity index (χ0) is 75.0. The molecule has 20 nitrogen and oxygen atoms in total. The number of piperidine rings is 3. The molecule has 12 rings (SSSR count). The highest BCUT2D eigenvalue weighted by molar-refractivity contribution is 6.00. The van der Waals surface area contributed by atoms with Crippen molar-refractivity contribution in [3.05, 3.63) is 194 Å². The number of urea groups is 1. The average Bonchev–Trinajstić information content (AvgIpc) is 1.61. The number of amides is 8. The number of hydrogen-bond donors (Lipinski definition) is 4. The maximum atomic E-state index is 15.7. The van der Waals surface area contributed by atoms with Crippen LogP contribution in [-0.4, -0.2) is 158 Å². The van der Waals surface area contributed by atoms with Crippen molar-refractivity contribution in [1.82, 2.24) is 24.9 Å². The van der Waals surface area contributed by atoms with Crippen molar-refractivity contribution >= 4 is 58.9 Å². The monoisotopic (exact) mass is 1430 g/mol. The summed E-state index contributed by atoms with van der Waals surface area (Å²) in [6.07, 6.45) is 14.1. The van der Waals surface area contributed by atoms with Crippen molar-refractivity contribution < 1.29 is 65.7 Å². The molecule has 0 aromatic heterocycles. The van der Waals surface area contributed by atoms with Crippen LogP contribution < -0.4 is 21.3 Å². The molecule has 3 atom stereocenters. The van der Waals surface area contributed by atoms with Crippen molar-refractivity contribution in [2.75, 3.05) is 94.7 Å². The number of halogens is 3. The Balaban J connectivity index is 0.000000169. The Labute approximate surface area is 611 Å². The Morgan fingerprint density at radius 2 is 0.990 bits per heavy atom. The molecular formula is C82H90F3N9O11. The summed E-state index contributed by atoms with van der Waals surface area (Å²) in [5.41, 5.74) is 5.31. The third-order valence-corrected chi connectivity index (χ3v) is 20.5. The summed E-state index contributed by atoms with van der Waals surface area (Å²) in [7, 11) is 0.